The van der Waals surface area contributed by atoms with Crippen LogP contribution in [0.3, 0.4) is 0 Å². The molecule has 0 aromatic heterocycles. The van der Waals surface area contributed by atoms with Crippen molar-refractivity contribution in [2.45, 2.75) is 19.9 Å². The Morgan fingerprint density at radius 1 is 1.54 bits per heavy atom. The molecule has 5 heteroatoms. The van der Waals surface area contributed by atoms with E-state index in [1.165, 1.54) is 0 Å². The first-order chi connectivity index (χ1) is 5.96. The van der Waals surface area contributed by atoms with E-state index in [2.05, 4.69) is 5.32 Å². The van der Waals surface area contributed by atoms with Crippen LogP contribution < -0.4 is 11.1 Å². The summed E-state index contributed by atoms with van der Waals surface area (Å²) in [7, 11) is 0. The van der Waals surface area contributed by atoms with E-state index in [1.807, 2.05) is 0 Å². The Kier molecular flexibility index (Phi) is 2.56. The van der Waals surface area contributed by atoms with Gasteiger partial charge in [-0.1, -0.05) is 0 Å². The number of nitrogens with two attached hydrogens (primary N) is 1. The maximum Gasteiger partial charge on any atom is 0.239 e. The number of carbonyl (C=O) groups is 2. The molecule has 2 amide bonds. The van der Waals surface area contributed by atoms with Crippen LogP contribution in [0.4, 0.5) is 0 Å². The topological polar surface area (TPSA) is 81.4 Å². The summed E-state index contributed by atoms with van der Waals surface area (Å²) < 4.78 is 4.92. The molecule has 74 valence electrons. The predicted octanol–water partition coefficient (Wildman–Crippen LogP) is -0.987. The molecule has 0 bridgehead atoms. The Labute approximate surface area is 76.6 Å². The zero-order valence-electron chi connectivity index (χ0n) is 7.79. The van der Waals surface area contributed by atoms with E-state index in [0.29, 0.717) is 13.2 Å². The van der Waals surface area contributed by atoms with Crippen LogP contribution in [0.25, 0.3) is 0 Å². The fraction of sp³-hybridized carbons (Fsp3) is 0.750. The van der Waals surface area contributed by atoms with E-state index < -0.39 is 17.4 Å². The SMILES string of the molecule is CC(NC(=O)C1(C)COC1)C(N)=O. The standard InChI is InChI=1S/C8H14N2O3/c1-5(6(9)11)10-7(12)8(2)3-13-4-8/h5H,3-4H2,1-2H3,(H2,9,11)(H,10,12). The predicted molar refractivity (Wildman–Crippen MR) is 45.7 cm³/mol. The highest BCUT2D eigenvalue weighted by Crippen LogP contribution is 2.26. The van der Waals surface area contributed by atoms with Crippen molar-refractivity contribution < 1.29 is 14.3 Å². The lowest BCUT2D eigenvalue weighted by atomic mass is 9.87. The summed E-state index contributed by atoms with van der Waals surface area (Å²) in [4.78, 5) is 22.1. The molecule has 1 saturated heterocycles. The van der Waals surface area contributed by atoms with Crippen molar-refractivity contribution in [1.29, 1.82) is 0 Å². The van der Waals surface area contributed by atoms with E-state index in [-0.39, 0.29) is 5.91 Å². The summed E-state index contributed by atoms with van der Waals surface area (Å²) in [6, 6.07) is -0.620. The molecule has 1 fully saturated rings. The summed E-state index contributed by atoms with van der Waals surface area (Å²) in [5.74, 6) is -0.706. The van der Waals surface area contributed by atoms with Crippen LogP contribution in [0.5, 0.6) is 0 Å². The fourth-order valence-electron chi connectivity index (χ4n) is 0.981. The Hall–Kier alpha value is -1.10. The molecule has 1 unspecified atom stereocenters. The summed E-state index contributed by atoms with van der Waals surface area (Å²) in [5.41, 5.74) is 4.52. The summed E-state index contributed by atoms with van der Waals surface area (Å²) in [6.07, 6.45) is 0. The molecular formula is C8H14N2O3. The minimum Gasteiger partial charge on any atom is -0.379 e. The third-order valence-electron chi connectivity index (χ3n) is 2.16. The third-order valence-corrected chi connectivity index (χ3v) is 2.16. The van der Waals surface area contributed by atoms with Gasteiger partial charge in [-0.05, 0) is 13.8 Å². The first kappa shape index (κ1) is 9.98. The second-order valence-corrected chi connectivity index (χ2v) is 3.65. The van der Waals surface area contributed by atoms with Crippen molar-refractivity contribution in [3.05, 3.63) is 0 Å². The molecule has 1 atom stereocenters. The van der Waals surface area contributed by atoms with E-state index in [0.717, 1.165) is 0 Å². The van der Waals surface area contributed by atoms with E-state index in [4.69, 9.17) is 10.5 Å². The van der Waals surface area contributed by atoms with Gasteiger partial charge in [-0.3, -0.25) is 9.59 Å². The number of carbonyl (C=O) groups excluding carboxylic acids is 2. The number of ether oxygens (including phenoxy) is 1. The lowest BCUT2D eigenvalue weighted by Gasteiger charge is -2.36. The molecule has 0 aliphatic carbocycles. The van der Waals surface area contributed by atoms with E-state index in [9.17, 15) is 9.59 Å². The third kappa shape index (κ3) is 1.98. The van der Waals surface area contributed by atoms with E-state index >= 15 is 0 Å². The van der Waals surface area contributed by atoms with Crippen molar-refractivity contribution in [3.8, 4) is 0 Å². The first-order valence-electron chi connectivity index (χ1n) is 4.14. The van der Waals surface area contributed by atoms with Gasteiger partial charge in [0, 0.05) is 0 Å². The largest absolute Gasteiger partial charge is 0.379 e. The quantitative estimate of drug-likeness (QED) is 0.594. The van der Waals surface area contributed by atoms with Crippen LogP contribution >= 0.6 is 0 Å². The van der Waals surface area contributed by atoms with Gasteiger partial charge in [0.15, 0.2) is 0 Å². The molecule has 5 nitrogen and oxygen atoms in total. The molecular weight excluding hydrogens is 172 g/mol. The van der Waals surface area contributed by atoms with E-state index in [1.54, 1.807) is 13.8 Å². The minimum absolute atomic E-state index is 0.176. The number of primary amides is 1. The Morgan fingerprint density at radius 2 is 2.08 bits per heavy atom. The van der Waals surface area contributed by atoms with Crippen LogP contribution in [0.1, 0.15) is 13.8 Å². The molecule has 13 heavy (non-hydrogen) atoms. The number of hydrogen-bond donors (Lipinski definition) is 2. The molecule has 1 rings (SSSR count). The second-order valence-electron chi connectivity index (χ2n) is 3.65. The monoisotopic (exact) mass is 186 g/mol. The molecule has 1 aliphatic rings. The number of hydrogen-bond acceptors (Lipinski definition) is 3. The number of amides is 2. The molecule has 3 N–H and O–H groups in total. The smallest absolute Gasteiger partial charge is 0.239 e. The fourth-order valence-corrected chi connectivity index (χ4v) is 0.981. The van der Waals surface area contributed by atoms with Gasteiger partial charge in [-0.15, -0.1) is 0 Å². The van der Waals surface area contributed by atoms with Gasteiger partial charge < -0.3 is 15.8 Å². The highest BCUT2D eigenvalue weighted by Gasteiger charge is 2.41. The van der Waals surface area contributed by atoms with Crippen LogP contribution in [-0.2, 0) is 14.3 Å². The molecule has 0 aromatic carbocycles. The van der Waals surface area contributed by atoms with Crippen LogP contribution in [0.15, 0.2) is 0 Å². The van der Waals surface area contributed by atoms with Crippen LogP contribution in [0.2, 0.25) is 0 Å². The van der Waals surface area contributed by atoms with Gasteiger partial charge in [0.1, 0.15) is 6.04 Å². The molecule has 0 aromatic rings. The lowest BCUT2D eigenvalue weighted by Crippen LogP contribution is -2.55. The average molecular weight is 186 g/mol. The zero-order valence-corrected chi connectivity index (χ0v) is 7.79. The van der Waals surface area contributed by atoms with Gasteiger partial charge >= 0.3 is 0 Å². The Balaban J connectivity index is 2.45. The number of nitrogens with one attached hydrogen (secondary N) is 1. The summed E-state index contributed by atoms with van der Waals surface area (Å²) in [6.45, 7) is 4.16. The highest BCUT2D eigenvalue weighted by molar-refractivity contribution is 5.89. The van der Waals surface area contributed by atoms with Gasteiger partial charge in [-0.25, -0.2) is 0 Å². The van der Waals surface area contributed by atoms with Crippen molar-refractivity contribution in [3.63, 3.8) is 0 Å². The maximum atomic E-state index is 11.5. The molecule has 1 heterocycles. The number of rotatable bonds is 3. The molecule has 0 spiro atoms. The van der Waals surface area contributed by atoms with Crippen molar-refractivity contribution >= 4 is 11.8 Å². The van der Waals surface area contributed by atoms with Gasteiger partial charge in [0.05, 0.1) is 18.6 Å². The average Bonchev–Trinajstić information content (AvgIpc) is 1.99. The maximum absolute atomic E-state index is 11.5. The van der Waals surface area contributed by atoms with Crippen LogP contribution in [0, 0.1) is 5.41 Å². The first-order valence-corrected chi connectivity index (χ1v) is 4.14. The summed E-state index contributed by atoms with van der Waals surface area (Å²) >= 11 is 0. The second kappa shape index (κ2) is 3.33. The van der Waals surface area contributed by atoms with Gasteiger partial charge in [-0.2, -0.15) is 0 Å². The molecule has 0 radical (unpaired) electrons. The Bertz CT molecular complexity index is 236. The van der Waals surface area contributed by atoms with Crippen molar-refractivity contribution in [2.24, 2.45) is 11.1 Å². The van der Waals surface area contributed by atoms with Gasteiger partial charge in [0.25, 0.3) is 0 Å². The van der Waals surface area contributed by atoms with Gasteiger partial charge in [0.2, 0.25) is 11.8 Å². The molecule has 1 aliphatic heterocycles. The van der Waals surface area contributed by atoms with Crippen molar-refractivity contribution in [2.75, 3.05) is 13.2 Å². The minimum atomic E-state index is -0.620. The Morgan fingerprint density at radius 3 is 2.38 bits per heavy atom. The zero-order chi connectivity index (χ0) is 10.1. The van der Waals surface area contributed by atoms with Crippen LogP contribution in [-0.4, -0.2) is 31.1 Å². The normalized spacial score (nSPS) is 21.4. The highest BCUT2D eigenvalue weighted by atomic mass is 16.5. The lowest BCUT2D eigenvalue weighted by molar-refractivity contribution is -0.159. The molecule has 0 saturated carbocycles. The summed E-state index contributed by atoms with van der Waals surface area (Å²) in [5, 5.41) is 2.53. The van der Waals surface area contributed by atoms with Crippen molar-refractivity contribution in [1.82, 2.24) is 5.32 Å².